The number of methoxy groups -OCH3 is 2. The molecule has 1 fully saturated rings. The number of hydrogen-bond donors (Lipinski definition) is 0. The predicted molar refractivity (Wildman–Crippen MR) is 148 cm³/mol. The molecule has 0 unspecified atom stereocenters. The van der Waals surface area contributed by atoms with Crippen LogP contribution in [0.25, 0.3) is 0 Å². The molecule has 2 aliphatic heterocycles. The standard InChI is InChI=1S/C29H32N4O4S/c1-31-27(19-8-10-20(38-4)11-9-19)26(21-17-23(36-2)24(37-3)18-22(21)28(31)34)29(35)33-15-13-32(14-16-33)25-7-5-6-12-30-25/h5-12,17-18,26-27H,13-16H2,1-4H3/t26-,27+/m1/s1. The molecule has 8 nitrogen and oxygen atoms in total. The van der Waals surface area contributed by atoms with Crippen LogP contribution in [0.5, 0.6) is 11.5 Å². The minimum atomic E-state index is -0.589. The molecule has 2 aliphatic rings. The third kappa shape index (κ3) is 4.67. The predicted octanol–water partition coefficient (Wildman–Crippen LogP) is 4.08. The molecule has 2 atom stereocenters. The summed E-state index contributed by atoms with van der Waals surface area (Å²) < 4.78 is 11.1. The lowest BCUT2D eigenvalue weighted by atomic mass is 9.78. The molecule has 3 heterocycles. The number of amides is 2. The highest BCUT2D eigenvalue weighted by atomic mass is 32.2. The molecular weight excluding hydrogens is 500 g/mol. The van der Waals surface area contributed by atoms with Gasteiger partial charge in [0.25, 0.3) is 5.91 Å². The van der Waals surface area contributed by atoms with Gasteiger partial charge in [-0.15, -0.1) is 11.8 Å². The third-order valence-corrected chi connectivity index (χ3v) is 8.21. The van der Waals surface area contributed by atoms with E-state index in [2.05, 4.69) is 9.88 Å². The number of likely N-dealkylation sites (N-methyl/N-ethyl adjacent to an activating group) is 1. The van der Waals surface area contributed by atoms with Gasteiger partial charge in [-0.05, 0) is 53.8 Å². The maximum atomic E-state index is 14.3. The van der Waals surface area contributed by atoms with Crippen molar-refractivity contribution in [3.05, 3.63) is 77.5 Å². The topological polar surface area (TPSA) is 75.2 Å². The van der Waals surface area contributed by atoms with Crippen LogP contribution >= 0.6 is 11.8 Å². The van der Waals surface area contributed by atoms with Crippen molar-refractivity contribution in [2.24, 2.45) is 0 Å². The number of fused-ring (bicyclic) bond motifs is 1. The van der Waals surface area contributed by atoms with E-state index in [9.17, 15) is 9.59 Å². The molecule has 3 aromatic rings. The molecule has 198 valence electrons. The van der Waals surface area contributed by atoms with Gasteiger partial charge >= 0.3 is 0 Å². The highest BCUT2D eigenvalue weighted by Gasteiger charge is 2.45. The van der Waals surface area contributed by atoms with E-state index in [0.29, 0.717) is 48.8 Å². The fraction of sp³-hybridized carbons (Fsp3) is 0.345. The molecule has 2 aromatic carbocycles. The van der Waals surface area contributed by atoms with Crippen molar-refractivity contribution >= 4 is 29.4 Å². The Morgan fingerprint density at radius 2 is 1.66 bits per heavy atom. The largest absolute Gasteiger partial charge is 0.493 e. The minimum absolute atomic E-state index is 0.00238. The van der Waals surface area contributed by atoms with E-state index < -0.39 is 12.0 Å². The van der Waals surface area contributed by atoms with Crippen LogP contribution in [-0.2, 0) is 4.79 Å². The molecule has 0 radical (unpaired) electrons. The van der Waals surface area contributed by atoms with Crippen LogP contribution in [0.1, 0.15) is 33.4 Å². The van der Waals surface area contributed by atoms with Crippen molar-refractivity contribution in [1.29, 1.82) is 0 Å². The zero-order valence-corrected chi connectivity index (χ0v) is 22.9. The van der Waals surface area contributed by atoms with Gasteiger partial charge in [0.15, 0.2) is 11.5 Å². The van der Waals surface area contributed by atoms with E-state index in [1.54, 1.807) is 56.3 Å². The highest BCUT2D eigenvalue weighted by molar-refractivity contribution is 7.98. The zero-order chi connectivity index (χ0) is 26.8. The second-order valence-electron chi connectivity index (χ2n) is 9.41. The second-order valence-corrected chi connectivity index (χ2v) is 10.3. The Morgan fingerprint density at radius 1 is 0.974 bits per heavy atom. The van der Waals surface area contributed by atoms with Crippen molar-refractivity contribution in [2.45, 2.75) is 16.9 Å². The lowest BCUT2D eigenvalue weighted by Gasteiger charge is -2.43. The summed E-state index contributed by atoms with van der Waals surface area (Å²) in [4.78, 5) is 39.4. The fourth-order valence-corrected chi connectivity index (χ4v) is 5.83. The van der Waals surface area contributed by atoms with Crippen LogP contribution in [0.4, 0.5) is 5.82 Å². The summed E-state index contributed by atoms with van der Waals surface area (Å²) in [7, 11) is 4.88. The van der Waals surface area contributed by atoms with Gasteiger partial charge in [-0.2, -0.15) is 0 Å². The molecule has 0 spiro atoms. The number of benzene rings is 2. The third-order valence-electron chi connectivity index (χ3n) is 7.46. The number of pyridine rings is 1. The van der Waals surface area contributed by atoms with Crippen molar-refractivity contribution in [3.63, 3.8) is 0 Å². The molecule has 5 rings (SSSR count). The molecule has 1 saturated heterocycles. The number of ether oxygens (including phenoxy) is 2. The van der Waals surface area contributed by atoms with Gasteiger partial charge in [-0.25, -0.2) is 4.98 Å². The van der Waals surface area contributed by atoms with E-state index >= 15 is 0 Å². The number of carbonyl (C=O) groups excluding carboxylic acids is 2. The average molecular weight is 533 g/mol. The van der Waals surface area contributed by atoms with Crippen LogP contribution in [0.2, 0.25) is 0 Å². The minimum Gasteiger partial charge on any atom is -0.493 e. The van der Waals surface area contributed by atoms with E-state index in [-0.39, 0.29) is 11.8 Å². The van der Waals surface area contributed by atoms with Crippen LogP contribution < -0.4 is 14.4 Å². The first kappa shape index (κ1) is 25.9. The Hall–Kier alpha value is -3.72. The summed E-state index contributed by atoms with van der Waals surface area (Å²) in [6.45, 7) is 2.53. The molecule has 1 aromatic heterocycles. The SMILES string of the molecule is COc1cc2c(cc1OC)[C@@H](C(=O)N1CCN(c3ccccn3)CC1)[C@H](c1ccc(SC)cc1)N(C)C2=O. The van der Waals surface area contributed by atoms with Gasteiger partial charge in [0.1, 0.15) is 5.82 Å². The average Bonchev–Trinajstić information content (AvgIpc) is 2.98. The Morgan fingerprint density at radius 3 is 2.26 bits per heavy atom. The number of aromatic nitrogens is 1. The van der Waals surface area contributed by atoms with Gasteiger partial charge in [-0.1, -0.05) is 18.2 Å². The summed E-state index contributed by atoms with van der Waals surface area (Å²) in [6, 6.07) is 17.0. The number of nitrogens with zero attached hydrogens (tertiary/aromatic N) is 4. The van der Waals surface area contributed by atoms with E-state index in [1.807, 2.05) is 53.6 Å². The molecule has 2 amide bonds. The number of anilines is 1. The first-order valence-electron chi connectivity index (χ1n) is 12.6. The van der Waals surface area contributed by atoms with Gasteiger partial charge in [0.05, 0.1) is 26.2 Å². The lowest BCUT2D eigenvalue weighted by Crippen LogP contribution is -2.53. The van der Waals surface area contributed by atoms with Crippen LogP contribution in [0.15, 0.2) is 65.7 Å². The second kappa shape index (κ2) is 10.9. The molecular formula is C29H32N4O4S. The summed E-state index contributed by atoms with van der Waals surface area (Å²) in [6.07, 6.45) is 3.81. The Kier molecular flexibility index (Phi) is 7.46. The summed E-state index contributed by atoms with van der Waals surface area (Å²) in [5, 5.41) is 0. The Bertz CT molecular complexity index is 1310. The summed E-state index contributed by atoms with van der Waals surface area (Å²) in [5.74, 6) is 1.13. The monoisotopic (exact) mass is 532 g/mol. The molecule has 0 aliphatic carbocycles. The van der Waals surface area contributed by atoms with Crippen molar-refractivity contribution in [3.8, 4) is 11.5 Å². The molecule has 0 bridgehead atoms. The Balaban J connectivity index is 1.54. The van der Waals surface area contributed by atoms with Gasteiger partial charge in [0, 0.05) is 49.9 Å². The van der Waals surface area contributed by atoms with Crippen molar-refractivity contribution in [1.82, 2.24) is 14.8 Å². The quantitative estimate of drug-likeness (QED) is 0.443. The first-order valence-corrected chi connectivity index (χ1v) is 13.8. The highest BCUT2D eigenvalue weighted by Crippen LogP contribution is 2.46. The Labute approximate surface area is 227 Å². The zero-order valence-electron chi connectivity index (χ0n) is 22.1. The number of thioether (sulfide) groups is 1. The maximum Gasteiger partial charge on any atom is 0.254 e. The molecule has 0 saturated carbocycles. The number of piperazine rings is 1. The van der Waals surface area contributed by atoms with Crippen LogP contribution in [0.3, 0.4) is 0 Å². The number of rotatable bonds is 6. The normalized spacial score (nSPS) is 19.3. The smallest absolute Gasteiger partial charge is 0.254 e. The number of hydrogen-bond acceptors (Lipinski definition) is 7. The van der Waals surface area contributed by atoms with Crippen molar-refractivity contribution in [2.75, 3.05) is 58.6 Å². The van der Waals surface area contributed by atoms with E-state index in [1.165, 1.54) is 0 Å². The summed E-state index contributed by atoms with van der Waals surface area (Å²) >= 11 is 1.66. The van der Waals surface area contributed by atoms with Gasteiger partial charge < -0.3 is 24.2 Å². The first-order chi connectivity index (χ1) is 18.5. The molecule has 9 heteroatoms. The van der Waals surface area contributed by atoms with Crippen molar-refractivity contribution < 1.29 is 19.1 Å². The van der Waals surface area contributed by atoms with Crippen LogP contribution in [0, 0.1) is 0 Å². The molecule has 38 heavy (non-hydrogen) atoms. The van der Waals surface area contributed by atoms with E-state index in [4.69, 9.17) is 9.47 Å². The van der Waals surface area contributed by atoms with E-state index in [0.717, 1.165) is 16.3 Å². The number of carbonyl (C=O) groups is 2. The molecule has 0 N–H and O–H groups in total. The van der Waals surface area contributed by atoms with Crippen LogP contribution in [-0.4, -0.2) is 80.3 Å². The van der Waals surface area contributed by atoms with Gasteiger partial charge in [-0.3, -0.25) is 9.59 Å². The maximum absolute atomic E-state index is 14.3. The summed E-state index contributed by atoms with van der Waals surface area (Å²) in [5.41, 5.74) is 2.05. The van der Waals surface area contributed by atoms with Gasteiger partial charge in [0.2, 0.25) is 5.91 Å². The lowest BCUT2D eigenvalue weighted by molar-refractivity contribution is -0.134. The fourth-order valence-electron chi connectivity index (χ4n) is 5.43.